The van der Waals surface area contributed by atoms with E-state index in [9.17, 15) is 23.1 Å². The fraction of sp³-hybridized carbons (Fsp3) is 0.500. The number of nitrogens with one attached hydrogen (secondary N) is 2. The van der Waals surface area contributed by atoms with Gasteiger partial charge in [0.1, 0.15) is 11.7 Å². The predicted molar refractivity (Wildman–Crippen MR) is 96.6 cm³/mol. The number of aryl methyl sites for hydroxylation is 1. The molecule has 0 radical (unpaired) electrons. The molecule has 1 aromatic rings. The summed E-state index contributed by atoms with van der Waals surface area (Å²) >= 11 is 0. The molecule has 28 heavy (non-hydrogen) atoms. The van der Waals surface area contributed by atoms with Crippen LogP contribution < -0.4 is 16.0 Å². The normalized spacial score (nSPS) is 26.2. The SMILES string of the molecule is Cc1ccnc(N2CCC(C(N)=C3C(=N)NC(=O)CC3(O)C(F)(F)F)CC2)c1. The highest BCUT2D eigenvalue weighted by atomic mass is 19.4. The molecule has 0 saturated carbocycles. The van der Waals surface area contributed by atoms with Crippen LogP contribution in [0.5, 0.6) is 0 Å². The zero-order chi connectivity index (χ0) is 20.7. The standard InChI is InChI=1S/C18H22F3N5O2/c1-10-2-5-24-12(8-10)26-6-3-11(4-7-26)15(22)14-16(23)25-13(27)9-17(14,28)18(19,20)21/h2,5,8,11,28H,3-4,6-7,9,22H2,1H3,(H2,23,25,27). The van der Waals surface area contributed by atoms with Gasteiger partial charge < -0.3 is 21.1 Å². The summed E-state index contributed by atoms with van der Waals surface area (Å²) in [5, 5.41) is 20.1. The number of carbonyl (C=O) groups is 1. The first-order chi connectivity index (χ1) is 13.0. The highest BCUT2D eigenvalue weighted by Gasteiger charge is 2.61. The number of pyridine rings is 1. The monoisotopic (exact) mass is 397 g/mol. The van der Waals surface area contributed by atoms with Crippen molar-refractivity contribution >= 4 is 17.6 Å². The van der Waals surface area contributed by atoms with Gasteiger partial charge in [0.2, 0.25) is 5.91 Å². The number of aromatic nitrogens is 1. The zero-order valence-corrected chi connectivity index (χ0v) is 15.3. The largest absolute Gasteiger partial charge is 0.422 e. The van der Waals surface area contributed by atoms with Gasteiger partial charge in [0.05, 0.1) is 12.0 Å². The summed E-state index contributed by atoms with van der Waals surface area (Å²) in [7, 11) is 0. The zero-order valence-electron chi connectivity index (χ0n) is 15.3. The van der Waals surface area contributed by atoms with Crippen molar-refractivity contribution in [1.82, 2.24) is 10.3 Å². The Morgan fingerprint density at radius 3 is 2.64 bits per heavy atom. The van der Waals surface area contributed by atoms with Gasteiger partial charge in [-0.25, -0.2) is 4.98 Å². The molecule has 1 unspecified atom stereocenters. The Morgan fingerprint density at radius 2 is 2.07 bits per heavy atom. The van der Waals surface area contributed by atoms with Crippen molar-refractivity contribution in [2.45, 2.75) is 38.0 Å². The van der Waals surface area contributed by atoms with Crippen molar-refractivity contribution < 1.29 is 23.1 Å². The number of alkyl halides is 3. The van der Waals surface area contributed by atoms with E-state index in [0.717, 1.165) is 11.4 Å². The maximum atomic E-state index is 13.5. The van der Waals surface area contributed by atoms with Crippen LogP contribution in [0, 0.1) is 18.3 Å². The predicted octanol–water partition coefficient (Wildman–Crippen LogP) is 1.61. The van der Waals surface area contributed by atoms with Crippen LogP contribution in [0.15, 0.2) is 29.6 Å². The first-order valence-electron chi connectivity index (χ1n) is 8.88. The third kappa shape index (κ3) is 3.56. The Kier molecular flexibility index (Phi) is 5.09. The molecule has 7 nitrogen and oxygen atoms in total. The minimum Gasteiger partial charge on any atom is -0.401 e. The molecule has 2 aliphatic rings. The number of amides is 1. The van der Waals surface area contributed by atoms with E-state index in [1.807, 2.05) is 29.3 Å². The van der Waals surface area contributed by atoms with Crippen molar-refractivity contribution in [2.75, 3.05) is 18.0 Å². The van der Waals surface area contributed by atoms with E-state index in [-0.39, 0.29) is 5.70 Å². The number of allylic oxidation sites excluding steroid dienone is 1. The van der Waals surface area contributed by atoms with Gasteiger partial charge in [0, 0.05) is 30.9 Å². The number of nitrogens with two attached hydrogens (primary N) is 1. The first kappa shape index (κ1) is 20.1. The van der Waals surface area contributed by atoms with Gasteiger partial charge >= 0.3 is 6.18 Å². The molecule has 0 aliphatic carbocycles. The van der Waals surface area contributed by atoms with E-state index in [1.54, 1.807) is 6.20 Å². The van der Waals surface area contributed by atoms with E-state index in [2.05, 4.69) is 4.98 Å². The maximum absolute atomic E-state index is 13.5. The van der Waals surface area contributed by atoms with Crippen molar-refractivity contribution in [3.63, 3.8) is 0 Å². The number of aliphatic hydroxyl groups is 1. The van der Waals surface area contributed by atoms with Crippen LogP contribution in [-0.4, -0.2) is 46.7 Å². The minimum absolute atomic E-state index is 0.193. The van der Waals surface area contributed by atoms with Crippen LogP contribution >= 0.6 is 0 Å². The summed E-state index contributed by atoms with van der Waals surface area (Å²) in [6, 6.07) is 3.80. The van der Waals surface area contributed by atoms with E-state index < -0.39 is 41.4 Å². The molecule has 1 aromatic heterocycles. The Bertz CT molecular complexity index is 831. The molecule has 3 heterocycles. The van der Waals surface area contributed by atoms with E-state index in [1.165, 1.54) is 0 Å². The summed E-state index contributed by atoms with van der Waals surface area (Å²) < 4.78 is 40.6. The van der Waals surface area contributed by atoms with Gasteiger partial charge in [-0.1, -0.05) is 0 Å². The average Bonchev–Trinajstić information content (AvgIpc) is 2.60. The molecule has 10 heteroatoms. The Labute approximate surface area is 159 Å². The smallest absolute Gasteiger partial charge is 0.401 e. The number of amidine groups is 1. The number of carbonyl (C=O) groups excluding carboxylic acids is 1. The van der Waals surface area contributed by atoms with Crippen molar-refractivity contribution in [3.8, 4) is 0 Å². The van der Waals surface area contributed by atoms with Crippen LogP contribution in [0.4, 0.5) is 19.0 Å². The van der Waals surface area contributed by atoms with Gasteiger partial charge in [0.15, 0.2) is 5.60 Å². The number of hydrogen-bond acceptors (Lipinski definition) is 6. The summed E-state index contributed by atoms with van der Waals surface area (Å²) in [6.45, 7) is 3.00. The molecule has 5 N–H and O–H groups in total. The van der Waals surface area contributed by atoms with Gasteiger partial charge in [-0.3, -0.25) is 10.2 Å². The summed E-state index contributed by atoms with van der Waals surface area (Å²) in [5.41, 5.74) is 2.69. The van der Waals surface area contributed by atoms with Gasteiger partial charge in [0.25, 0.3) is 0 Å². The van der Waals surface area contributed by atoms with E-state index >= 15 is 0 Å². The van der Waals surface area contributed by atoms with Crippen molar-refractivity contribution in [3.05, 3.63) is 35.2 Å². The first-order valence-corrected chi connectivity index (χ1v) is 8.88. The highest BCUT2D eigenvalue weighted by molar-refractivity contribution is 6.11. The molecule has 1 atom stereocenters. The molecule has 0 aromatic carbocycles. The molecule has 1 amide bonds. The summed E-state index contributed by atoms with van der Waals surface area (Å²) in [6.07, 6.45) is -3.74. The number of nitrogens with zero attached hydrogens (tertiary/aromatic N) is 2. The van der Waals surface area contributed by atoms with E-state index in [4.69, 9.17) is 11.1 Å². The lowest BCUT2D eigenvalue weighted by molar-refractivity contribution is -0.244. The van der Waals surface area contributed by atoms with Crippen LogP contribution in [-0.2, 0) is 4.79 Å². The van der Waals surface area contributed by atoms with E-state index in [0.29, 0.717) is 25.9 Å². The van der Waals surface area contributed by atoms with Gasteiger partial charge in [-0.05, 0) is 37.5 Å². The van der Waals surface area contributed by atoms with Crippen LogP contribution in [0.25, 0.3) is 0 Å². The topological polar surface area (TPSA) is 115 Å². The molecule has 0 spiro atoms. The second-order valence-electron chi connectivity index (χ2n) is 7.24. The molecule has 2 fully saturated rings. The third-order valence-electron chi connectivity index (χ3n) is 5.26. The molecule has 2 saturated heterocycles. The number of piperidine rings is 2. The van der Waals surface area contributed by atoms with Crippen molar-refractivity contribution in [1.29, 1.82) is 5.41 Å². The average molecular weight is 397 g/mol. The Balaban J connectivity index is 1.85. The lowest BCUT2D eigenvalue weighted by Crippen LogP contribution is -2.59. The highest BCUT2D eigenvalue weighted by Crippen LogP contribution is 2.43. The molecule has 152 valence electrons. The summed E-state index contributed by atoms with van der Waals surface area (Å²) in [4.78, 5) is 17.8. The molecular formula is C18H22F3N5O2. The lowest BCUT2D eigenvalue weighted by Gasteiger charge is -2.39. The number of rotatable bonds is 2. The fourth-order valence-electron chi connectivity index (χ4n) is 3.72. The lowest BCUT2D eigenvalue weighted by atomic mass is 9.79. The maximum Gasteiger partial charge on any atom is 0.422 e. The van der Waals surface area contributed by atoms with Gasteiger partial charge in [-0.15, -0.1) is 0 Å². The summed E-state index contributed by atoms with van der Waals surface area (Å²) in [5.74, 6) is -1.52. The number of halogens is 3. The quantitative estimate of drug-likeness (QED) is 0.605. The fourth-order valence-corrected chi connectivity index (χ4v) is 3.72. The second kappa shape index (κ2) is 7.08. The number of anilines is 1. The molecule has 0 bridgehead atoms. The molecule has 3 rings (SSSR count). The number of hydrogen-bond donors (Lipinski definition) is 4. The molecule has 2 aliphatic heterocycles. The van der Waals surface area contributed by atoms with Gasteiger partial charge in [-0.2, -0.15) is 13.2 Å². The Hall–Kier alpha value is -2.62. The van der Waals surface area contributed by atoms with Crippen LogP contribution in [0.3, 0.4) is 0 Å². The Morgan fingerprint density at radius 1 is 1.43 bits per heavy atom. The van der Waals surface area contributed by atoms with Crippen LogP contribution in [0.1, 0.15) is 24.8 Å². The molecular weight excluding hydrogens is 375 g/mol. The minimum atomic E-state index is -5.12. The van der Waals surface area contributed by atoms with Crippen molar-refractivity contribution in [2.24, 2.45) is 11.7 Å². The van der Waals surface area contributed by atoms with Crippen LogP contribution in [0.2, 0.25) is 0 Å². The second-order valence-corrected chi connectivity index (χ2v) is 7.24. The third-order valence-corrected chi connectivity index (χ3v) is 5.26.